The number of carbonyl (C=O) groups is 2. The van der Waals surface area contributed by atoms with Gasteiger partial charge in [0.15, 0.2) is 34.7 Å². The predicted octanol–water partition coefficient (Wildman–Crippen LogP) is 7.08. The van der Waals surface area contributed by atoms with Gasteiger partial charge in [-0.05, 0) is 63.4 Å². The maximum absolute atomic E-state index is 15.2. The van der Waals surface area contributed by atoms with Crippen LogP contribution in [0.4, 0.5) is 34.9 Å². The number of aromatic nitrogens is 2. The molecule has 56 heavy (non-hydrogen) atoms. The number of anilines is 3. The summed E-state index contributed by atoms with van der Waals surface area (Å²) in [5.74, 6) is -5.73. The number of aryl methyl sites for hydroxylation is 1. The third kappa shape index (κ3) is 11.3. The van der Waals surface area contributed by atoms with Crippen molar-refractivity contribution in [1.82, 2.24) is 25.1 Å². The zero-order valence-corrected chi connectivity index (χ0v) is 32.1. The summed E-state index contributed by atoms with van der Waals surface area (Å²) in [6, 6.07) is 10.5. The van der Waals surface area contributed by atoms with Gasteiger partial charge in [0.1, 0.15) is 23.7 Å². The summed E-state index contributed by atoms with van der Waals surface area (Å²) < 4.78 is 75.0. The highest BCUT2D eigenvalue weighted by Gasteiger charge is 2.23. The van der Waals surface area contributed by atoms with Crippen molar-refractivity contribution >= 4 is 29.1 Å². The van der Waals surface area contributed by atoms with Gasteiger partial charge in [0.25, 0.3) is 5.91 Å². The number of ether oxygens (including phenoxy) is 3. The van der Waals surface area contributed by atoms with Gasteiger partial charge in [-0.25, -0.2) is 22.5 Å². The number of benzene rings is 3. The zero-order chi connectivity index (χ0) is 40.4. The maximum Gasteiger partial charge on any atom is 0.262 e. The number of carbonyl (C=O) groups excluding carboxylic acids is 2. The van der Waals surface area contributed by atoms with Gasteiger partial charge in [-0.2, -0.15) is 4.98 Å². The molecule has 0 unspecified atom stereocenters. The number of methoxy groups -OCH3 is 1. The SMILES string of the molecule is CC[C@@H](C)NC(=O)CCc1ccc(Oc2nc(Nc3ccc(OCCN4CCN(C(C)C)CC4)c(F)c3)ncc2C(=O)Nc2c(F)cc(F)cc2F)c(OC)c1. The number of piperazine rings is 1. The molecular weight excluding hydrogens is 734 g/mol. The molecule has 1 aliphatic rings. The lowest BCUT2D eigenvalue weighted by Crippen LogP contribution is -2.49. The van der Waals surface area contributed by atoms with E-state index >= 15 is 4.39 Å². The van der Waals surface area contributed by atoms with Crippen LogP contribution in [0.1, 0.15) is 56.5 Å². The number of nitrogens with zero attached hydrogens (tertiary/aromatic N) is 4. The van der Waals surface area contributed by atoms with Gasteiger partial charge >= 0.3 is 0 Å². The first kappa shape index (κ1) is 41.7. The van der Waals surface area contributed by atoms with E-state index in [1.54, 1.807) is 24.3 Å². The molecule has 4 aromatic rings. The molecule has 300 valence electrons. The first-order valence-corrected chi connectivity index (χ1v) is 18.5. The smallest absolute Gasteiger partial charge is 0.262 e. The van der Waals surface area contributed by atoms with Crippen molar-refractivity contribution in [3.05, 3.63) is 89.1 Å². The molecule has 16 heteroatoms. The Labute approximate surface area is 323 Å². The molecule has 1 saturated heterocycles. The van der Waals surface area contributed by atoms with Gasteiger partial charge in [-0.15, -0.1) is 0 Å². The van der Waals surface area contributed by atoms with Crippen LogP contribution in [-0.2, 0) is 11.2 Å². The number of hydrogen-bond acceptors (Lipinski definition) is 10. The van der Waals surface area contributed by atoms with Crippen molar-refractivity contribution in [2.45, 2.75) is 59.0 Å². The summed E-state index contributed by atoms with van der Waals surface area (Å²) in [4.78, 5) is 38.9. The normalized spacial score (nSPS) is 14.0. The van der Waals surface area contributed by atoms with Gasteiger partial charge in [0.2, 0.25) is 17.7 Å². The van der Waals surface area contributed by atoms with Crippen molar-refractivity contribution in [3.8, 4) is 23.1 Å². The molecule has 0 spiro atoms. The highest BCUT2D eigenvalue weighted by molar-refractivity contribution is 6.06. The van der Waals surface area contributed by atoms with Gasteiger partial charge in [-0.3, -0.25) is 19.4 Å². The molecule has 0 saturated carbocycles. The van der Waals surface area contributed by atoms with Gasteiger partial charge < -0.3 is 30.2 Å². The van der Waals surface area contributed by atoms with Gasteiger partial charge in [0, 0.05) is 81.3 Å². The number of rotatable bonds is 17. The Morgan fingerprint density at radius 1 is 0.893 bits per heavy atom. The Hall–Kier alpha value is -5.48. The van der Waals surface area contributed by atoms with Crippen LogP contribution >= 0.6 is 0 Å². The topological polar surface area (TPSA) is 130 Å². The fourth-order valence-electron chi connectivity index (χ4n) is 5.88. The highest BCUT2D eigenvalue weighted by atomic mass is 19.1. The average molecular weight is 782 g/mol. The van der Waals surface area contributed by atoms with Crippen molar-refractivity contribution in [1.29, 1.82) is 0 Å². The van der Waals surface area contributed by atoms with E-state index in [1.807, 2.05) is 13.8 Å². The number of halogens is 4. The molecule has 0 bridgehead atoms. The van der Waals surface area contributed by atoms with E-state index in [-0.39, 0.29) is 58.7 Å². The van der Waals surface area contributed by atoms with E-state index in [0.717, 1.165) is 44.4 Å². The molecule has 3 N–H and O–H groups in total. The van der Waals surface area contributed by atoms with Crippen LogP contribution in [-0.4, -0.2) is 90.1 Å². The van der Waals surface area contributed by atoms with Crippen molar-refractivity contribution in [3.63, 3.8) is 0 Å². The summed E-state index contributed by atoms with van der Waals surface area (Å²) in [5.41, 5.74) is -0.238. The lowest BCUT2D eigenvalue weighted by Gasteiger charge is -2.36. The first-order valence-electron chi connectivity index (χ1n) is 18.5. The minimum Gasteiger partial charge on any atom is -0.493 e. The summed E-state index contributed by atoms with van der Waals surface area (Å²) in [6.45, 7) is 13.0. The molecular formula is C40H47F4N7O5. The van der Waals surface area contributed by atoms with E-state index in [4.69, 9.17) is 14.2 Å². The molecule has 0 radical (unpaired) electrons. The van der Waals surface area contributed by atoms with Crippen LogP contribution < -0.4 is 30.2 Å². The summed E-state index contributed by atoms with van der Waals surface area (Å²) in [5, 5.41) is 7.87. The van der Waals surface area contributed by atoms with Crippen LogP contribution in [0.25, 0.3) is 0 Å². The number of amides is 2. The highest BCUT2D eigenvalue weighted by Crippen LogP contribution is 2.35. The molecule has 3 aromatic carbocycles. The van der Waals surface area contributed by atoms with Gasteiger partial charge in [-0.1, -0.05) is 13.0 Å². The maximum atomic E-state index is 15.2. The van der Waals surface area contributed by atoms with Crippen molar-refractivity contribution in [2.24, 2.45) is 0 Å². The molecule has 1 atom stereocenters. The molecule has 2 heterocycles. The van der Waals surface area contributed by atoms with E-state index in [1.165, 1.54) is 19.2 Å². The lowest BCUT2D eigenvalue weighted by molar-refractivity contribution is -0.121. The monoisotopic (exact) mass is 781 g/mol. The van der Waals surface area contributed by atoms with Crippen LogP contribution in [0, 0.1) is 23.3 Å². The average Bonchev–Trinajstić information content (AvgIpc) is 3.16. The second kappa shape index (κ2) is 19.4. The molecule has 2 amide bonds. The van der Waals surface area contributed by atoms with Crippen LogP contribution in [0.15, 0.2) is 54.7 Å². The Morgan fingerprint density at radius 2 is 1.61 bits per heavy atom. The van der Waals surface area contributed by atoms with Crippen LogP contribution in [0.3, 0.4) is 0 Å². The first-order chi connectivity index (χ1) is 26.8. The summed E-state index contributed by atoms with van der Waals surface area (Å²) >= 11 is 0. The Morgan fingerprint density at radius 3 is 2.27 bits per heavy atom. The number of nitrogens with one attached hydrogen (secondary N) is 3. The quantitative estimate of drug-likeness (QED) is 0.0956. The Balaban J connectivity index is 1.33. The van der Waals surface area contributed by atoms with Crippen LogP contribution in [0.5, 0.6) is 23.1 Å². The third-order valence-electron chi connectivity index (χ3n) is 9.33. The Bertz CT molecular complexity index is 1970. The third-order valence-corrected chi connectivity index (χ3v) is 9.33. The largest absolute Gasteiger partial charge is 0.493 e. The Kier molecular flexibility index (Phi) is 14.4. The molecule has 12 nitrogen and oxygen atoms in total. The second-order valence-electron chi connectivity index (χ2n) is 13.7. The molecule has 1 aromatic heterocycles. The van der Waals surface area contributed by atoms with E-state index in [0.29, 0.717) is 37.7 Å². The predicted molar refractivity (Wildman–Crippen MR) is 204 cm³/mol. The van der Waals surface area contributed by atoms with E-state index in [2.05, 4.69) is 49.6 Å². The number of hydrogen-bond donors (Lipinski definition) is 3. The second-order valence-corrected chi connectivity index (χ2v) is 13.7. The van der Waals surface area contributed by atoms with E-state index < -0.39 is 34.9 Å². The summed E-state index contributed by atoms with van der Waals surface area (Å²) in [7, 11) is 1.40. The molecule has 1 aliphatic heterocycles. The molecule has 1 fully saturated rings. The standard InChI is InChI=1S/C40H47F4N7O5/c1-6-25(4)46-36(52)12-8-26-7-10-34(35(19-26)54-5)56-39-29(38(53)48-37-31(43)20-27(41)21-32(37)44)23-45-40(49-39)47-28-9-11-33(30(42)22-28)55-18-17-50-13-15-51(16-14-50)24(2)3/h7,9-11,19-25H,6,8,12-18H2,1-5H3,(H,46,52)(H,48,53)(H,45,47,49)/t25-/m1/s1. The molecule has 5 rings (SSSR count). The van der Waals surface area contributed by atoms with E-state index in [9.17, 15) is 22.8 Å². The fourth-order valence-corrected chi connectivity index (χ4v) is 5.88. The van der Waals surface area contributed by atoms with Crippen molar-refractivity contribution in [2.75, 3.05) is 57.1 Å². The van der Waals surface area contributed by atoms with Crippen LogP contribution in [0.2, 0.25) is 0 Å². The van der Waals surface area contributed by atoms with Gasteiger partial charge in [0.05, 0.1) is 7.11 Å². The minimum atomic E-state index is -1.34. The van der Waals surface area contributed by atoms with Crippen molar-refractivity contribution < 1.29 is 41.4 Å². The summed E-state index contributed by atoms with van der Waals surface area (Å²) in [6.07, 6.45) is 2.48. The zero-order valence-electron chi connectivity index (χ0n) is 32.1. The fraction of sp³-hybridized carbons (Fsp3) is 0.400. The lowest BCUT2D eigenvalue weighted by atomic mass is 10.1. The molecule has 0 aliphatic carbocycles. The minimum absolute atomic E-state index is 0.0475.